The number of aromatic nitrogens is 7. The molecule has 184 valence electrons. The van der Waals surface area contributed by atoms with Gasteiger partial charge in [0, 0.05) is 17.8 Å². The monoisotopic (exact) mass is 496 g/mol. The summed E-state index contributed by atoms with van der Waals surface area (Å²) in [6.45, 7) is 3.69. The molecule has 1 unspecified atom stereocenters. The molecular formula is C26H21FN8O2. The maximum atomic E-state index is 14.2. The van der Waals surface area contributed by atoms with Crippen molar-refractivity contribution < 1.29 is 9.50 Å². The van der Waals surface area contributed by atoms with Crippen LogP contribution in [0.1, 0.15) is 24.4 Å². The summed E-state index contributed by atoms with van der Waals surface area (Å²) in [7, 11) is 0. The summed E-state index contributed by atoms with van der Waals surface area (Å²) in [5, 5.41) is 19.9. The first-order chi connectivity index (χ1) is 17.8. The van der Waals surface area contributed by atoms with Crippen molar-refractivity contribution in [3.05, 3.63) is 94.7 Å². The van der Waals surface area contributed by atoms with Crippen LogP contribution in [0.5, 0.6) is 5.75 Å². The Morgan fingerprint density at radius 1 is 1.05 bits per heavy atom. The lowest BCUT2D eigenvalue weighted by Gasteiger charge is -2.19. The smallest absolute Gasteiger partial charge is 0.282 e. The molecule has 6 rings (SSSR count). The number of para-hydroxylation sites is 1. The first kappa shape index (κ1) is 22.4. The standard InChI is InChI=1S/C26H21FN8O2/c1-14-8-9-33-22(14)26(37)34(18-6-4-3-5-7-18)24(32-33)15(2)35-25-20(23(28)29-13-30-25)21(31-35)16-10-17(27)12-19(36)11-16/h3-13,15,36H,1-2H3,(H2,28,29,30). The number of fused-ring (bicyclic) bond motifs is 2. The van der Waals surface area contributed by atoms with Crippen LogP contribution in [-0.4, -0.2) is 39.0 Å². The third kappa shape index (κ3) is 3.51. The topological polar surface area (TPSA) is 129 Å². The molecule has 0 bridgehead atoms. The molecule has 0 radical (unpaired) electrons. The SMILES string of the molecule is Cc1ccn2nc(C(C)n3nc(-c4cc(O)cc(F)c4)c4c(N)ncnc43)n(-c3ccccc3)c(=O)c12. The lowest BCUT2D eigenvalue weighted by Crippen LogP contribution is -2.29. The minimum Gasteiger partial charge on any atom is -0.508 e. The Labute approximate surface area is 209 Å². The van der Waals surface area contributed by atoms with Crippen LogP contribution in [0, 0.1) is 12.7 Å². The normalized spacial score (nSPS) is 12.4. The van der Waals surface area contributed by atoms with E-state index in [-0.39, 0.29) is 17.1 Å². The van der Waals surface area contributed by atoms with Crippen LogP contribution in [0.4, 0.5) is 10.2 Å². The molecule has 1 atom stereocenters. The molecule has 6 aromatic rings. The number of hydrogen-bond donors (Lipinski definition) is 2. The largest absolute Gasteiger partial charge is 0.508 e. The number of nitrogen functional groups attached to an aromatic ring is 1. The number of hydrogen-bond acceptors (Lipinski definition) is 7. The van der Waals surface area contributed by atoms with Crippen molar-refractivity contribution in [2.24, 2.45) is 0 Å². The number of nitrogens with two attached hydrogens (primary N) is 1. The van der Waals surface area contributed by atoms with E-state index in [1.54, 1.807) is 20.0 Å². The highest BCUT2D eigenvalue weighted by Gasteiger charge is 2.26. The minimum atomic E-state index is -0.630. The van der Waals surface area contributed by atoms with Gasteiger partial charge in [-0.15, -0.1) is 0 Å². The zero-order chi connectivity index (χ0) is 25.8. The van der Waals surface area contributed by atoms with E-state index >= 15 is 0 Å². The molecule has 10 nitrogen and oxygen atoms in total. The van der Waals surface area contributed by atoms with E-state index in [0.29, 0.717) is 39.3 Å². The lowest BCUT2D eigenvalue weighted by atomic mass is 10.1. The molecule has 0 amide bonds. The molecule has 0 fully saturated rings. The number of phenols is 1. The molecular weight excluding hydrogens is 475 g/mol. The molecule has 0 saturated heterocycles. The summed E-state index contributed by atoms with van der Waals surface area (Å²) < 4.78 is 18.9. The Bertz CT molecular complexity index is 1850. The number of nitrogens with zero attached hydrogens (tertiary/aromatic N) is 7. The van der Waals surface area contributed by atoms with E-state index < -0.39 is 11.9 Å². The van der Waals surface area contributed by atoms with Crippen molar-refractivity contribution in [3.63, 3.8) is 0 Å². The van der Waals surface area contributed by atoms with Gasteiger partial charge >= 0.3 is 0 Å². The van der Waals surface area contributed by atoms with Gasteiger partial charge in [-0.2, -0.15) is 10.2 Å². The van der Waals surface area contributed by atoms with Gasteiger partial charge in [0.15, 0.2) is 11.5 Å². The first-order valence-electron chi connectivity index (χ1n) is 11.5. The average Bonchev–Trinajstić information content (AvgIpc) is 3.45. The van der Waals surface area contributed by atoms with Gasteiger partial charge < -0.3 is 10.8 Å². The van der Waals surface area contributed by atoms with E-state index in [1.165, 1.54) is 18.5 Å². The van der Waals surface area contributed by atoms with Crippen LogP contribution in [0.3, 0.4) is 0 Å². The maximum Gasteiger partial charge on any atom is 0.282 e. The first-order valence-corrected chi connectivity index (χ1v) is 11.5. The van der Waals surface area contributed by atoms with E-state index in [0.717, 1.165) is 11.6 Å². The Kier molecular flexibility index (Phi) is 5.00. The van der Waals surface area contributed by atoms with Crippen LogP contribution in [-0.2, 0) is 0 Å². The van der Waals surface area contributed by atoms with Crippen molar-refractivity contribution in [1.82, 2.24) is 33.9 Å². The molecule has 0 aliphatic carbocycles. The summed E-state index contributed by atoms with van der Waals surface area (Å²) >= 11 is 0. The van der Waals surface area contributed by atoms with Crippen LogP contribution in [0.25, 0.3) is 33.5 Å². The summed E-state index contributed by atoms with van der Waals surface area (Å²) in [4.78, 5) is 22.2. The quantitative estimate of drug-likeness (QED) is 0.381. The highest BCUT2D eigenvalue weighted by atomic mass is 19.1. The van der Waals surface area contributed by atoms with E-state index in [9.17, 15) is 14.3 Å². The highest BCUT2D eigenvalue weighted by molar-refractivity contribution is 5.98. The van der Waals surface area contributed by atoms with Gasteiger partial charge in [-0.1, -0.05) is 18.2 Å². The lowest BCUT2D eigenvalue weighted by molar-refractivity contribution is 0.469. The predicted octanol–water partition coefficient (Wildman–Crippen LogP) is 3.64. The summed E-state index contributed by atoms with van der Waals surface area (Å²) in [6, 6.07) is 14.1. The number of halogens is 1. The van der Waals surface area contributed by atoms with Gasteiger partial charge in [0.2, 0.25) is 0 Å². The van der Waals surface area contributed by atoms with Gasteiger partial charge in [-0.25, -0.2) is 23.6 Å². The van der Waals surface area contributed by atoms with Crippen molar-refractivity contribution in [3.8, 4) is 22.7 Å². The second kappa shape index (κ2) is 8.26. The van der Waals surface area contributed by atoms with Crippen molar-refractivity contribution >= 4 is 22.4 Å². The molecule has 4 heterocycles. The number of anilines is 1. The van der Waals surface area contributed by atoms with Crippen LogP contribution in [0.15, 0.2) is 71.9 Å². The van der Waals surface area contributed by atoms with Crippen LogP contribution < -0.4 is 11.3 Å². The second-order valence-corrected chi connectivity index (χ2v) is 8.75. The molecule has 11 heteroatoms. The summed E-state index contributed by atoms with van der Waals surface area (Å²) in [5.41, 5.74) is 8.86. The van der Waals surface area contributed by atoms with Crippen LogP contribution >= 0.6 is 0 Å². The van der Waals surface area contributed by atoms with E-state index in [4.69, 9.17) is 15.9 Å². The van der Waals surface area contributed by atoms with Gasteiger partial charge in [0.25, 0.3) is 5.56 Å². The molecule has 0 aliphatic heterocycles. The zero-order valence-corrected chi connectivity index (χ0v) is 19.9. The fourth-order valence-corrected chi connectivity index (χ4v) is 4.62. The predicted molar refractivity (Wildman–Crippen MR) is 136 cm³/mol. The molecule has 3 N–H and O–H groups in total. The minimum absolute atomic E-state index is 0.145. The highest BCUT2D eigenvalue weighted by Crippen LogP contribution is 2.34. The molecule has 2 aromatic carbocycles. The third-order valence-electron chi connectivity index (χ3n) is 6.34. The Hall–Kier alpha value is -5.06. The van der Waals surface area contributed by atoms with Gasteiger partial charge in [0.05, 0.1) is 11.1 Å². The van der Waals surface area contributed by atoms with Crippen molar-refractivity contribution in [2.75, 3.05) is 5.73 Å². The molecule has 4 aromatic heterocycles. The Balaban J connectivity index is 1.65. The van der Waals surface area contributed by atoms with Gasteiger partial charge in [-0.3, -0.25) is 9.36 Å². The number of aromatic hydroxyl groups is 1. The zero-order valence-electron chi connectivity index (χ0n) is 19.9. The Morgan fingerprint density at radius 3 is 2.59 bits per heavy atom. The molecule has 0 saturated carbocycles. The molecule has 37 heavy (non-hydrogen) atoms. The average molecular weight is 497 g/mol. The van der Waals surface area contributed by atoms with Gasteiger partial charge in [-0.05, 0) is 49.7 Å². The number of phenolic OH excluding ortho intramolecular Hbond substituents is 1. The fourth-order valence-electron chi connectivity index (χ4n) is 4.62. The van der Waals surface area contributed by atoms with Crippen LogP contribution in [0.2, 0.25) is 0 Å². The summed E-state index contributed by atoms with van der Waals surface area (Å²) in [6.07, 6.45) is 3.05. The second-order valence-electron chi connectivity index (χ2n) is 8.75. The molecule has 0 aliphatic rings. The number of rotatable bonds is 4. The van der Waals surface area contributed by atoms with Crippen molar-refractivity contribution in [1.29, 1.82) is 0 Å². The maximum absolute atomic E-state index is 14.2. The van der Waals surface area contributed by atoms with E-state index in [2.05, 4.69) is 9.97 Å². The Morgan fingerprint density at radius 2 is 1.84 bits per heavy atom. The number of benzene rings is 2. The van der Waals surface area contributed by atoms with Gasteiger partial charge in [0.1, 0.15) is 41.0 Å². The van der Waals surface area contributed by atoms with Crippen molar-refractivity contribution in [2.45, 2.75) is 19.9 Å². The van der Waals surface area contributed by atoms with E-state index in [1.807, 2.05) is 50.2 Å². The number of aryl methyl sites for hydroxylation is 1. The summed E-state index contributed by atoms with van der Waals surface area (Å²) in [5.74, 6) is -0.343. The molecule has 0 spiro atoms. The fraction of sp³-hybridized carbons (Fsp3) is 0.115. The third-order valence-corrected chi connectivity index (χ3v) is 6.34.